The second kappa shape index (κ2) is 34.8. The zero-order valence-electron chi connectivity index (χ0n) is 55.0. The van der Waals surface area contributed by atoms with Crippen molar-refractivity contribution in [2.75, 3.05) is 72.2 Å². The zero-order chi connectivity index (χ0) is 71.5. The Labute approximate surface area is 582 Å². The summed E-state index contributed by atoms with van der Waals surface area (Å²) in [5.41, 5.74) is -7.28. The normalized spacial score (nSPS) is 15.3. The van der Waals surface area contributed by atoms with Crippen molar-refractivity contribution in [1.29, 1.82) is 0 Å². The third kappa shape index (κ3) is 25.5. The molecule has 3 fully saturated rings. The van der Waals surface area contributed by atoms with Crippen LogP contribution in [0.2, 0.25) is 15.9 Å². The molecule has 5 aromatic heterocycles. The van der Waals surface area contributed by atoms with Crippen LogP contribution in [0.3, 0.4) is 0 Å². The summed E-state index contributed by atoms with van der Waals surface area (Å²) in [4.78, 5) is 102. The molecule has 0 atom stereocenters. The molecule has 0 N–H and O–H groups in total. The van der Waals surface area contributed by atoms with Crippen molar-refractivity contribution in [2.45, 2.75) is 185 Å². The van der Waals surface area contributed by atoms with E-state index in [0.29, 0.717) is 61.2 Å². The first-order valence-corrected chi connectivity index (χ1v) is 30.8. The van der Waals surface area contributed by atoms with E-state index in [0.717, 1.165) is 25.5 Å². The van der Waals surface area contributed by atoms with E-state index in [1.165, 1.54) is 13.1 Å². The van der Waals surface area contributed by atoms with Crippen LogP contribution < -0.4 is 25.1 Å². The number of alkyl halides is 6. The van der Waals surface area contributed by atoms with Gasteiger partial charge in [-0.3, -0.25) is 0 Å². The largest absolute Gasteiger partial charge is 0.498 e. The summed E-state index contributed by atoms with van der Waals surface area (Å²) < 4.78 is 123. The molecule has 3 saturated heterocycles. The summed E-state index contributed by atoms with van der Waals surface area (Å²) in [6.07, 6.45) is -10.0. The Kier molecular flexibility index (Phi) is 30.3. The molecular weight excluding hydrogens is 1420 g/mol. The van der Waals surface area contributed by atoms with E-state index < -0.39 is 113 Å². The first-order chi connectivity index (χ1) is 43.7. The Bertz CT molecular complexity index is 3400. The summed E-state index contributed by atoms with van der Waals surface area (Å²) >= 11 is 20.2. The highest BCUT2D eigenvalue weighted by Crippen LogP contribution is 2.38. The molecule has 0 aromatic carbocycles. The summed E-state index contributed by atoms with van der Waals surface area (Å²) in [5, 5.41) is 0.162. The molecular formula is C58H81BBrCl3F6N16O12. The average Bonchev–Trinajstić information content (AvgIpc) is 1.61. The SMILES string of the molecule is C.C.CC(C)(C)OC(=O)N(C(=O)OC(C)(C)C)c1ncc(B2OC(C)(C)C(C)(C)O2)c(C(F)F)n1.CC(C)(C)OC(=O)N(C(=O)OC(C)(C)C)c1ncc(Br)c(C(F)F)n1.Cc1ncc(-c2nc(Cl)nc(N3CCOCC3)n2)c(C(F)F)n1.Clc1nc(Cl)nc(N2CCOCC2)n1. The van der Waals surface area contributed by atoms with Gasteiger partial charge in [0.15, 0.2) is 5.82 Å². The number of ether oxygens (including phenoxy) is 6. The second-order valence-electron chi connectivity index (χ2n) is 25.3. The maximum Gasteiger partial charge on any atom is 0.498 e. The van der Waals surface area contributed by atoms with Crippen molar-refractivity contribution in [3.63, 3.8) is 0 Å². The number of amides is 4. The van der Waals surface area contributed by atoms with Gasteiger partial charge in [-0.25, -0.2) is 75.4 Å². The van der Waals surface area contributed by atoms with Crippen LogP contribution in [-0.4, -0.2) is 178 Å². The van der Waals surface area contributed by atoms with Crippen molar-refractivity contribution in [3.8, 4) is 11.4 Å². The number of hydrogen-bond donors (Lipinski definition) is 0. The molecule has 8 rings (SSSR count). The lowest BCUT2D eigenvalue weighted by Gasteiger charge is -2.32. The summed E-state index contributed by atoms with van der Waals surface area (Å²) in [7, 11) is -1.16. The quantitative estimate of drug-likeness (QED) is 0.0752. The van der Waals surface area contributed by atoms with Gasteiger partial charge in [0.05, 0.1) is 47.7 Å². The van der Waals surface area contributed by atoms with Gasteiger partial charge in [0, 0.05) is 50.2 Å². The fourth-order valence-electron chi connectivity index (χ4n) is 7.58. The van der Waals surface area contributed by atoms with E-state index >= 15 is 0 Å². The smallest absolute Gasteiger partial charge is 0.443 e. The molecule has 8 heterocycles. The number of hydrogen-bond acceptors (Lipinski definition) is 26. The summed E-state index contributed by atoms with van der Waals surface area (Å²) in [5.74, 6) is -0.0714. The molecule has 0 saturated carbocycles. The number of halogens is 10. The van der Waals surface area contributed by atoms with Crippen LogP contribution in [0.25, 0.3) is 11.4 Å². The lowest BCUT2D eigenvalue weighted by molar-refractivity contribution is 0.00578. The molecule has 28 nitrogen and oxygen atoms in total. The summed E-state index contributed by atoms with van der Waals surface area (Å²) in [6, 6.07) is 0. The third-order valence-corrected chi connectivity index (χ3v) is 13.5. The van der Waals surface area contributed by atoms with Crippen molar-refractivity contribution >= 4 is 111 Å². The van der Waals surface area contributed by atoms with E-state index in [1.807, 2.05) is 9.80 Å². The Morgan fingerprint density at radius 3 is 1.24 bits per heavy atom. The maximum absolute atomic E-state index is 14.0. The topological polar surface area (TPSA) is 310 Å². The standard InChI is InChI=1S/C21H32BF2N3O6.C15H20BrF2N3O4.C13H13ClF2N6O.C7H8Cl2N4O.2CH4/c1-18(2,3)30-16(28)27(17(29)31-19(4,5)6)15-25-11-12(13(26-15)14(23)24)22-32-20(7,8)21(9,10)33-22;1-14(2,3)24-12(22)21(13(23)25-15(4,5)6)11-19-7-8(16)9(20-11)10(17)18;1-7-17-6-8(9(18-7)10(15)16)11-19-12(14)21-13(20-11)22-2-4-23-5-3-22;8-5-10-6(9)12-7(11-5)13-1-3-14-4-2-13;;/h11,14H,1-10H3;7,10H,1-6H3;6,10H,2-5H2,1H3;1-4H2;2*1H4. The van der Waals surface area contributed by atoms with Crippen LogP contribution in [0.15, 0.2) is 23.1 Å². The highest BCUT2D eigenvalue weighted by atomic mass is 79.9. The maximum atomic E-state index is 14.0. The monoisotopic (exact) mass is 1500 g/mol. The van der Waals surface area contributed by atoms with Crippen molar-refractivity contribution in [2.24, 2.45) is 0 Å². The average molecular weight is 1510 g/mol. The molecule has 0 radical (unpaired) electrons. The number of aromatic nitrogens is 12. The predicted molar refractivity (Wildman–Crippen MR) is 352 cm³/mol. The minimum Gasteiger partial charge on any atom is -0.443 e. The highest BCUT2D eigenvalue weighted by molar-refractivity contribution is 9.10. The van der Waals surface area contributed by atoms with Gasteiger partial charge in [-0.15, -0.1) is 9.80 Å². The molecule has 0 aliphatic carbocycles. The first kappa shape index (κ1) is 84.4. The zero-order valence-corrected chi connectivity index (χ0v) is 58.9. The van der Waals surface area contributed by atoms with E-state index in [4.69, 9.17) is 72.5 Å². The summed E-state index contributed by atoms with van der Waals surface area (Å²) in [6.45, 7) is 32.8. The number of nitrogens with zero attached hydrogens (tertiary/aromatic N) is 16. The van der Waals surface area contributed by atoms with Crippen LogP contribution >= 0.6 is 50.7 Å². The van der Waals surface area contributed by atoms with Gasteiger partial charge in [-0.2, -0.15) is 29.9 Å². The van der Waals surface area contributed by atoms with Crippen LogP contribution in [0.4, 0.5) is 69.3 Å². The molecule has 3 aliphatic heterocycles. The van der Waals surface area contributed by atoms with Gasteiger partial charge in [0.25, 0.3) is 19.3 Å². The van der Waals surface area contributed by atoms with Gasteiger partial charge in [0.2, 0.25) is 39.6 Å². The molecule has 4 amide bonds. The first-order valence-electron chi connectivity index (χ1n) is 28.8. The third-order valence-electron chi connectivity index (χ3n) is 12.4. The minimum absolute atomic E-state index is 0. The molecule has 538 valence electrons. The second-order valence-corrected chi connectivity index (χ2v) is 27.2. The van der Waals surface area contributed by atoms with Crippen LogP contribution in [0.1, 0.15) is 168 Å². The van der Waals surface area contributed by atoms with Crippen molar-refractivity contribution in [1.82, 2.24) is 59.8 Å². The van der Waals surface area contributed by atoms with E-state index in [1.54, 1.807) is 111 Å². The molecule has 39 heteroatoms. The highest BCUT2D eigenvalue weighted by Gasteiger charge is 2.53. The number of imide groups is 2. The van der Waals surface area contributed by atoms with E-state index in [2.05, 4.69) is 75.7 Å². The number of anilines is 4. The number of aryl methyl sites for hydroxylation is 1. The minimum atomic E-state index is -3.07. The van der Waals surface area contributed by atoms with E-state index in [9.17, 15) is 45.5 Å². The Morgan fingerprint density at radius 2 is 0.866 bits per heavy atom. The fraction of sp³-hybridized carbons (Fsp3) is 0.621. The Balaban J connectivity index is 0.000000346. The van der Waals surface area contributed by atoms with Crippen LogP contribution in [0.5, 0.6) is 0 Å². The number of rotatable bonds is 9. The van der Waals surface area contributed by atoms with Gasteiger partial charge in [-0.05, 0) is 168 Å². The fourth-order valence-corrected chi connectivity index (χ4v) is 8.45. The predicted octanol–water partition coefficient (Wildman–Crippen LogP) is 13.6. The molecule has 0 bridgehead atoms. The lowest BCUT2D eigenvalue weighted by atomic mass is 9.79. The lowest BCUT2D eigenvalue weighted by Crippen LogP contribution is -2.45. The molecule has 97 heavy (non-hydrogen) atoms. The number of carbonyl (C=O) groups excluding carboxylic acids is 4. The Hall–Kier alpha value is -6.83. The Morgan fingerprint density at radius 1 is 0.515 bits per heavy atom. The van der Waals surface area contributed by atoms with Gasteiger partial charge >= 0.3 is 31.5 Å². The van der Waals surface area contributed by atoms with Crippen molar-refractivity contribution < 1.29 is 83.3 Å². The molecule has 0 spiro atoms. The van der Waals surface area contributed by atoms with Crippen LogP contribution in [-0.2, 0) is 37.7 Å². The van der Waals surface area contributed by atoms with Gasteiger partial charge in [0.1, 0.15) is 45.3 Å². The van der Waals surface area contributed by atoms with E-state index in [-0.39, 0.29) is 57.9 Å². The molecule has 5 aromatic rings. The van der Waals surface area contributed by atoms with Crippen molar-refractivity contribution in [3.05, 3.63) is 61.8 Å². The van der Waals surface area contributed by atoms with Gasteiger partial charge < -0.3 is 47.5 Å². The molecule has 3 aliphatic rings. The molecule has 0 unspecified atom stereocenters. The van der Waals surface area contributed by atoms with Gasteiger partial charge in [-0.1, -0.05) is 14.9 Å². The number of morpholine rings is 2. The number of carbonyl (C=O) groups is 4. The van der Waals surface area contributed by atoms with Crippen LogP contribution in [0, 0.1) is 6.92 Å².